The molecule has 1 fully saturated rings. The maximum Gasteiger partial charge on any atom is 0.435 e. The van der Waals surface area contributed by atoms with Gasteiger partial charge in [-0.2, -0.15) is 41.8 Å². The summed E-state index contributed by atoms with van der Waals surface area (Å²) in [5.74, 6) is -0.281. The highest BCUT2D eigenvalue weighted by atomic mass is 19.4. The number of halogens is 6. The predicted octanol–water partition coefficient (Wildman–Crippen LogP) is 4.35. The van der Waals surface area contributed by atoms with Crippen LogP contribution in [0.15, 0.2) is 35.4 Å². The molecule has 3 atom stereocenters. The van der Waals surface area contributed by atoms with Crippen molar-refractivity contribution in [1.29, 1.82) is 5.26 Å². The number of aromatic nitrogens is 7. The van der Waals surface area contributed by atoms with E-state index in [1.165, 1.54) is 21.6 Å². The van der Waals surface area contributed by atoms with Crippen molar-refractivity contribution >= 4 is 11.0 Å². The highest BCUT2D eigenvalue weighted by Crippen LogP contribution is 2.45. The van der Waals surface area contributed by atoms with Crippen LogP contribution >= 0.6 is 0 Å². The molecule has 1 saturated carbocycles. The number of fused-ring (bicyclic) bond motifs is 1. The Labute approximate surface area is 203 Å². The van der Waals surface area contributed by atoms with Crippen molar-refractivity contribution in [3.05, 3.63) is 69.4 Å². The number of pyridine rings is 1. The Morgan fingerprint density at radius 3 is 2.35 bits per heavy atom. The number of nitriles is 1. The SMILES string of the molecule is C[C@@H](c1ccc(C(F)(F)F)nc1)n1nc(C#N)c2c(=O)[nH]c([C@@H]3CC[C@H]3n3ccc(C(F)(F)F)n3)nc21. The van der Waals surface area contributed by atoms with E-state index in [1.807, 2.05) is 6.07 Å². The normalized spacial score (nSPS) is 19.0. The molecular weight excluding hydrogens is 506 g/mol. The molecule has 37 heavy (non-hydrogen) atoms. The molecule has 1 N–H and O–H groups in total. The van der Waals surface area contributed by atoms with Crippen molar-refractivity contribution in [1.82, 2.24) is 34.5 Å². The van der Waals surface area contributed by atoms with Crippen LogP contribution in [-0.2, 0) is 12.4 Å². The van der Waals surface area contributed by atoms with Gasteiger partial charge in [0.1, 0.15) is 23.0 Å². The summed E-state index contributed by atoms with van der Waals surface area (Å²) in [7, 11) is 0. The molecule has 1 aliphatic carbocycles. The topological polar surface area (TPSA) is 118 Å². The molecule has 0 unspecified atom stereocenters. The van der Waals surface area contributed by atoms with Gasteiger partial charge in [0.15, 0.2) is 17.0 Å². The Hall–Kier alpha value is -4.22. The van der Waals surface area contributed by atoms with Crippen LogP contribution in [-0.4, -0.2) is 34.5 Å². The second-order valence-corrected chi connectivity index (χ2v) is 8.64. The van der Waals surface area contributed by atoms with Gasteiger partial charge in [0.05, 0.1) is 12.1 Å². The van der Waals surface area contributed by atoms with E-state index in [4.69, 9.17) is 0 Å². The number of H-pyrrole nitrogens is 1. The third-order valence-corrected chi connectivity index (χ3v) is 6.44. The second kappa shape index (κ2) is 8.43. The summed E-state index contributed by atoms with van der Waals surface area (Å²) in [6.45, 7) is 1.59. The van der Waals surface area contributed by atoms with E-state index < -0.39 is 47.3 Å². The van der Waals surface area contributed by atoms with Gasteiger partial charge in [-0.25, -0.2) is 9.67 Å². The van der Waals surface area contributed by atoms with Crippen molar-refractivity contribution in [2.45, 2.75) is 50.1 Å². The number of aromatic amines is 1. The molecule has 0 radical (unpaired) electrons. The largest absolute Gasteiger partial charge is 0.435 e. The zero-order valence-electron chi connectivity index (χ0n) is 18.8. The molecule has 4 aromatic rings. The zero-order valence-corrected chi connectivity index (χ0v) is 18.8. The van der Waals surface area contributed by atoms with Crippen molar-refractivity contribution in [2.24, 2.45) is 0 Å². The van der Waals surface area contributed by atoms with Gasteiger partial charge in [-0.15, -0.1) is 0 Å². The fourth-order valence-electron chi connectivity index (χ4n) is 4.34. The lowest BCUT2D eigenvalue weighted by atomic mass is 9.79. The minimum Gasteiger partial charge on any atom is -0.309 e. The number of nitrogens with zero attached hydrogens (tertiary/aromatic N) is 7. The van der Waals surface area contributed by atoms with Crippen LogP contribution in [0.5, 0.6) is 0 Å². The van der Waals surface area contributed by atoms with Crippen LogP contribution < -0.4 is 5.56 Å². The third-order valence-electron chi connectivity index (χ3n) is 6.44. The van der Waals surface area contributed by atoms with Gasteiger partial charge in [-0.3, -0.25) is 14.5 Å². The van der Waals surface area contributed by atoms with E-state index in [0.29, 0.717) is 18.4 Å². The van der Waals surface area contributed by atoms with E-state index >= 15 is 0 Å². The molecule has 15 heteroatoms. The first kappa shape index (κ1) is 24.5. The number of hydrogen-bond acceptors (Lipinski definition) is 6. The summed E-state index contributed by atoms with van der Waals surface area (Å²) < 4.78 is 80.1. The molecule has 0 amide bonds. The molecule has 5 rings (SSSR count). The smallest absolute Gasteiger partial charge is 0.309 e. The Balaban J connectivity index is 1.54. The molecule has 192 valence electrons. The molecule has 0 aromatic carbocycles. The van der Waals surface area contributed by atoms with Crippen LogP contribution in [0.1, 0.15) is 66.2 Å². The highest BCUT2D eigenvalue weighted by molar-refractivity contribution is 5.80. The minimum atomic E-state index is -4.62. The van der Waals surface area contributed by atoms with Gasteiger partial charge in [0.2, 0.25) is 0 Å². The number of hydrogen-bond donors (Lipinski definition) is 1. The third kappa shape index (κ3) is 4.21. The summed E-state index contributed by atoms with van der Waals surface area (Å²) in [5.41, 5.74) is -2.66. The molecule has 9 nitrogen and oxygen atoms in total. The first-order valence-electron chi connectivity index (χ1n) is 11.0. The van der Waals surface area contributed by atoms with Gasteiger partial charge < -0.3 is 4.98 Å². The fraction of sp³-hybridized carbons (Fsp3) is 0.364. The lowest BCUT2D eigenvalue weighted by Crippen LogP contribution is -2.31. The van der Waals surface area contributed by atoms with Gasteiger partial charge >= 0.3 is 12.4 Å². The predicted molar refractivity (Wildman–Crippen MR) is 114 cm³/mol. The highest BCUT2D eigenvalue weighted by Gasteiger charge is 2.40. The molecule has 4 heterocycles. The summed E-state index contributed by atoms with van der Waals surface area (Å²) >= 11 is 0. The van der Waals surface area contributed by atoms with Crippen molar-refractivity contribution < 1.29 is 26.3 Å². The van der Waals surface area contributed by atoms with Crippen molar-refractivity contribution in [3.63, 3.8) is 0 Å². The fourth-order valence-corrected chi connectivity index (χ4v) is 4.34. The maximum absolute atomic E-state index is 13.0. The van der Waals surface area contributed by atoms with E-state index in [0.717, 1.165) is 18.3 Å². The number of alkyl halides is 6. The molecule has 0 saturated heterocycles. The van der Waals surface area contributed by atoms with Crippen molar-refractivity contribution in [3.8, 4) is 6.07 Å². The van der Waals surface area contributed by atoms with E-state index in [9.17, 15) is 36.4 Å². The molecule has 1 aliphatic rings. The summed E-state index contributed by atoms with van der Waals surface area (Å²) in [6, 6.07) is 3.47. The Morgan fingerprint density at radius 2 is 1.81 bits per heavy atom. The average molecular weight is 522 g/mol. The van der Waals surface area contributed by atoms with Gasteiger partial charge in [-0.1, -0.05) is 6.07 Å². The van der Waals surface area contributed by atoms with Crippen molar-refractivity contribution in [2.75, 3.05) is 0 Å². The molecule has 4 aromatic heterocycles. The molecule has 0 spiro atoms. The lowest BCUT2D eigenvalue weighted by molar-refractivity contribution is -0.142. The molecule has 0 bridgehead atoms. The summed E-state index contributed by atoms with van der Waals surface area (Å²) in [5, 5.41) is 17.2. The molecular formula is C22H16F6N8O. The number of rotatable bonds is 4. The Bertz CT molecular complexity index is 1570. The van der Waals surface area contributed by atoms with Gasteiger partial charge in [0, 0.05) is 18.3 Å². The van der Waals surface area contributed by atoms with E-state index in [-0.39, 0.29) is 22.6 Å². The monoisotopic (exact) mass is 522 g/mol. The minimum absolute atomic E-state index is 0.0183. The second-order valence-electron chi connectivity index (χ2n) is 8.64. The molecule has 0 aliphatic heterocycles. The Morgan fingerprint density at radius 1 is 1.08 bits per heavy atom. The average Bonchev–Trinajstić information content (AvgIpc) is 3.43. The van der Waals surface area contributed by atoms with Crippen LogP contribution in [0.2, 0.25) is 0 Å². The zero-order chi connectivity index (χ0) is 26.7. The maximum atomic E-state index is 13.0. The first-order valence-corrected chi connectivity index (χ1v) is 11.0. The van der Waals surface area contributed by atoms with Crippen LogP contribution in [0, 0.1) is 11.3 Å². The van der Waals surface area contributed by atoms with Gasteiger partial charge in [-0.05, 0) is 37.5 Å². The van der Waals surface area contributed by atoms with Gasteiger partial charge in [0.25, 0.3) is 5.56 Å². The standard InChI is InChI=1S/C22H16F6N8O/c1-10(11-2-5-15(30-9-11)21(23,24)25)36-19-17(13(8-29)33-36)20(37)32-18(31-19)12-3-4-14(12)35-7-6-16(34-35)22(26,27)28/h2,5-7,9-10,12,14H,3-4H2,1H3,(H,31,32,37)/t10-,12+,14+/m0/s1. The lowest BCUT2D eigenvalue weighted by Gasteiger charge is -2.35. The quantitative estimate of drug-likeness (QED) is 0.398. The Kier molecular flexibility index (Phi) is 5.57. The number of nitrogens with one attached hydrogen (secondary N) is 1. The van der Waals surface area contributed by atoms with Crippen LogP contribution in [0.25, 0.3) is 11.0 Å². The van der Waals surface area contributed by atoms with E-state index in [2.05, 4.69) is 25.1 Å². The summed E-state index contributed by atoms with van der Waals surface area (Å²) in [6.07, 6.45) is -5.96. The van der Waals surface area contributed by atoms with Crippen LogP contribution in [0.4, 0.5) is 26.3 Å². The first-order chi connectivity index (χ1) is 17.4. The van der Waals surface area contributed by atoms with Crippen LogP contribution in [0.3, 0.4) is 0 Å². The summed E-state index contributed by atoms with van der Waals surface area (Å²) in [4.78, 5) is 23.5. The van der Waals surface area contributed by atoms with E-state index in [1.54, 1.807) is 6.92 Å².